The molecular formula is C11H25NO2Si. The molecule has 0 aromatic heterocycles. The summed E-state index contributed by atoms with van der Waals surface area (Å²) in [6, 6.07) is 0.696. The van der Waals surface area contributed by atoms with Gasteiger partial charge in [0, 0.05) is 25.9 Å². The van der Waals surface area contributed by atoms with Gasteiger partial charge in [-0.25, -0.2) is 0 Å². The molecule has 1 unspecified atom stereocenters. The number of rotatable bonds is 6. The predicted molar refractivity (Wildman–Crippen MR) is 65.1 cm³/mol. The third-order valence-corrected chi connectivity index (χ3v) is 5.81. The first-order chi connectivity index (χ1) is 7.20. The van der Waals surface area contributed by atoms with Gasteiger partial charge in [-0.2, -0.15) is 0 Å². The van der Waals surface area contributed by atoms with Crippen LogP contribution in [-0.4, -0.2) is 34.5 Å². The lowest BCUT2D eigenvalue weighted by Crippen LogP contribution is -2.50. The van der Waals surface area contributed by atoms with Gasteiger partial charge in [-0.3, -0.25) is 0 Å². The van der Waals surface area contributed by atoms with E-state index in [4.69, 9.17) is 8.85 Å². The van der Waals surface area contributed by atoms with E-state index >= 15 is 0 Å². The molecule has 0 saturated heterocycles. The number of hydrogen-bond donors (Lipinski definition) is 1. The summed E-state index contributed by atoms with van der Waals surface area (Å²) in [7, 11) is -0.150. The lowest BCUT2D eigenvalue weighted by atomic mass is 9.96. The van der Waals surface area contributed by atoms with Crippen molar-refractivity contribution in [3.63, 3.8) is 0 Å². The molecule has 0 radical (unpaired) electrons. The maximum absolute atomic E-state index is 5.72. The molecule has 0 aromatic carbocycles. The lowest BCUT2D eigenvalue weighted by Gasteiger charge is -2.29. The smallest absolute Gasteiger partial charge is 0.348 e. The van der Waals surface area contributed by atoms with Crippen LogP contribution in [0, 0.1) is 0 Å². The second-order valence-corrected chi connectivity index (χ2v) is 7.80. The first kappa shape index (κ1) is 13.2. The van der Waals surface area contributed by atoms with Crippen molar-refractivity contribution in [2.24, 2.45) is 0 Å². The van der Waals surface area contributed by atoms with E-state index in [0.717, 1.165) is 12.8 Å². The Morgan fingerprint density at radius 3 is 2.47 bits per heavy atom. The molecule has 0 amide bonds. The summed E-state index contributed by atoms with van der Waals surface area (Å²) in [5.74, 6) is 0. The van der Waals surface area contributed by atoms with Gasteiger partial charge in [0.05, 0.1) is 0 Å². The minimum absolute atomic E-state index is 0.696. The molecule has 90 valence electrons. The highest BCUT2D eigenvalue weighted by molar-refractivity contribution is 6.66. The van der Waals surface area contributed by atoms with Gasteiger partial charge in [-0.05, 0) is 26.3 Å². The molecule has 15 heavy (non-hydrogen) atoms. The van der Waals surface area contributed by atoms with Crippen LogP contribution in [-0.2, 0) is 8.85 Å². The zero-order valence-electron chi connectivity index (χ0n) is 10.3. The van der Waals surface area contributed by atoms with Crippen LogP contribution in [0.5, 0.6) is 0 Å². The van der Waals surface area contributed by atoms with Crippen LogP contribution in [0.25, 0.3) is 0 Å². The molecule has 0 spiro atoms. The molecule has 1 rings (SSSR count). The maximum atomic E-state index is 5.72. The molecule has 3 nitrogen and oxygen atoms in total. The lowest BCUT2D eigenvalue weighted by molar-refractivity contribution is 0.209. The summed E-state index contributed by atoms with van der Waals surface area (Å²) in [5.41, 5.74) is 0. The molecule has 1 saturated carbocycles. The van der Waals surface area contributed by atoms with Crippen molar-refractivity contribution in [3.8, 4) is 0 Å². The van der Waals surface area contributed by atoms with Gasteiger partial charge in [-0.15, -0.1) is 0 Å². The van der Waals surface area contributed by atoms with Crippen LogP contribution in [0.4, 0.5) is 0 Å². The fraction of sp³-hybridized carbons (Fsp3) is 1.00. The first-order valence-corrected chi connectivity index (χ1v) is 8.65. The quantitative estimate of drug-likeness (QED) is 0.711. The molecular weight excluding hydrogens is 206 g/mol. The van der Waals surface area contributed by atoms with E-state index in [9.17, 15) is 0 Å². The summed E-state index contributed by atoms with van der Waals surface area (Å²) in [6.45, 7) is 4.92. The van der Waals surface area contributed by atoms with Gasteiger partial charge in [0.15, 0.2) is 0 Å². The Kier molecular flexibility index (Phi) is 5.82. The largest absolute Gasteiger partial charge is 0.397 e. The Morgan fingerprint density at radius 2 is 1.93 bits per heavy atom. The second-order valence-electron chi connectivity index (χ2n) is 4.49. The molecule has 0 bridgehead atoms. The average Bonchev–Trinajstić information content (AvgIpc) is 2.28. The molecule has 0 aliphatic heterocycles. The zero-order valence-corrected chi connectivity index (χ0v) is 11.3. The van der Waals surface area contributed by atoms with Crippen molar-refractivity contribution < 1.29 is 8.85 Å². The van der Waals surface area contributed by atoms with Crippen molar-refractivity contribution in [1.82, 2.24) is 5.32 Å². The summed E-state index contributed by atoms with van der Waals surface area (Å²) >= 11 is 0. The molecule has 0 aromatic rings. The average molecular weight is 231 g/mol. The van der Waals surface area contributed by atoms with Gasteiger partial charge >= 0.3 is 8.56 Å². The highest BCUT2D eigenvalue weighted by Gasteiger charge is 2.30. The minimum atomic E-state index is -1.92. The molecule has 4 heteroatoms. The van der Waals surface area contributed by atoms with Gasteiger partial charge in [0.25, 0.3) is 0 Å². The van der Waals surface area contributed by atoms with Crippen LogP contribution < -0.4 is 5.32 Å². The maximum Gasteiger partial charge on any atom is 0.348 e. The Bertz CT molecular complexity index is 174. The van der Waals surface area contributed by atoms with Gasteiger partial charge in [0.1, 0.15) is 0 Å². The van der Waals surface area contributed by atoms with Crippen LogP contribution in [0.15, 0.2) is 0 Å². The second kappa shape index (κ2) is 6.63. The molecule has 1 N–H and O–H groups in total. The zero-order chi connectivity index (χ0) is 11.1. The van der Waals surface area contributed by atoms with Crippen molar-refractivity contribution in [3.05, 3.63) is 0 Å². The summed E-state index contributed by atoms with van der Waals surface area (Å²) < 4.78 is 11.2. The van der Waals surface area contributed by atoms with E-state index in [2.05, 4.69) is 11.9 Å². The van der Waals surface area contributed by atoms with Crippen molar-refractivity contribution >= 4 is 8.56 Å². The predicted octanol–water partition coefficient (Wildman–Crippen LogP) is 2.20. The van der Waals surface area contributed by atoms with Crippen LogP contribution in [0.1, 0.15) is 39.0 Å². The van der Waals surface area contributed by atoms with Crippen LogP contribution in [0.3, 0.4) is 0 Å². The monoisotopic (exact) mass is 231 g/mol. The van der Waals surface area contributed by atoms with E-state index in [0.29, 0.717) is 6.04 Å². The molecule has 1 atom stereocenters. The van der Waals surface area contributed by atoms with E-state index in [1.165, 1.54) is 32.1 Å². The summed E-state index contributed by atoms with van der Waals surface area (Å²) in [5, 5.41) is 3.61. The van der Waals surface area contributed by atoms with Gasteiger partial charge in [0.2, 0.25) is 0 Å². The fourth-order valence-electron chi connectivity index (χ4n) is 2.12. The number of nitrogens with one attached hydrogen (secondary N) is 1. The summed E-state index contributed by atoms with van der Waals surface area (Å²) in [4.78, 5) is 0. The third kappa shape index (κ3) is 4.63. The standard InChI is InChI=1S/C11H25NO2Si/c1-4-14-15(3,13-2)10-12-11-8-6-5-7-9-11/h11-12H,4-10H2,1-3H3. The van der Waals surface area contributed by atoms with E-state index in [-0.39, 0.29) is 0 Å². The van der Waals surface area contributed by atoms with Crippen molar-refractivity contribution in [2.75, 3.05) is 19.9 Å². The van der Waals surface area contributed by atoms with E-state index in [1.807, 2.05) is 6.92 Å². The van der Waals surface area contributed by atoms with Crippen molar-refractivity contribution in [1.29, 1.82) is 0 Å². The SMILES string of the molecule is CCO[Si](C)(CNC1CCCCC1)OC. The third-order valence-electron chi connectivity index (χ3n) is 3.20. The normalized spacial score (nSPS) is 22.6. The van der Waals surface area contributed by atoms with E-state index in [1.54, 1.807) is 7.11 Å². The first-order valence-electron chi connectivity index (χ1n) is 6.12. The number of hydrogen-bond acceptors (Lipinski definition) is 3. The molecule has 0 heterocycles. The van der Waals surface area contributed by atoms with Gasteiger partial charge in [-0.1, -0.05) is 19.3 Å². The topological polar surface area (TPSA) is 30.5 Å². The highest BCUT2D eigenvalue weighted by Crippen LogP contribution is 2.17. The minimum Gasteiger partial charge on any atom is -0.397 e. The Morgan fingerprint density at radius 1 is 1.27 bits per heavy atom. The molecule has 1 aliphatic rings. The van der Waals surface area contributed by atoms with Crippen LogP contribution in [0.2, 0.25) is 6.55 Å². The van der Waals surface area contributed by atoms with Crippen LogP contribution >= 0.6 is 0 Å². The molecule has 1 fully saturated rings. The van der Waals surface area contributed by atoms with Crippen molar-refractivity contribution in [2.45, 2.75) is 51.6 Å². The van der Waals surface area contributed by atoms with Gasteiger partial charge < -0.3 is 14.2 Å². The summed E-state index contributed by atoms with van der Waals surface area (Å²) in [6.07, 6.45) is 7.71. The molecule has 1 aliphatic carbocycles. The highest BCUT2D eigenvalue weighted by atomic mass is 28.4. The Balaban J connectivity index is 2.25. The van der Waals surface area contributed by atoms with E-state index < -0.39 is 8.56 Å². The fourth-order valence-corrected chi connectivity index (χ4v) is 3.76. The Labute approximate surface area is 94.8 Å². The Hall–Kier alpha value is 0.0969.